The molecule has 0 aromatic heterocycles. The highest BCUT2D eigenvalue weighted by atomic mass is 16.6. The van der Waals surface area contributed by atoms with Crippen molar-refractivity contribution >= 4 is 11.9 Å². The lowest BCUT2D eigenvalue weighted by molar-refractivity contribution is -0.148. The maximum Gasteiger partial charge on any atom is 0.332 e. The number of nitrogens with zero attached hydrogens (tertiary/aromatic N) is 1. The van der Waals surface area contributed by atoms with Gasteiger partial charge in [0.2, 0.25) is 5.91 Å². The second kappa shape index (κ2) is 9.75. The predicted molar refractivity (Wildman–Crippen MR) is 70.8 cm³/mol. The van der Waals surface area contributed by atoms with E-state index in [1.54, 1.807) is 6.92 Å². The SMILES string of the molecule is CCOC(=O)COCCNCCC(=O)N1CCCC1. The van der Waals surface area contributed by atoms with Gasteiger partial charge < -0.3 is 19.7 Å². The molecule has 6 nitrogen and oxygen atoms in total. The Hall–Kier alpha value is -1.14. The Morgan fingerprint density at radius 3 is 2.63 bits per heavy atom. The number of carbonyl (C=O) groups excluding carboxylic acids is 2. The number of hydrogen-bond donors (Lipinski definition) is 1. The van der Waals surface area contributed by atoms with Gasteiger partial charge in [0, 0.05) is 32.6 Å². The molecule has 0 spiro atoms. The molecule has 6 heteroatoms. The number of likely N-dealkylation sites (tertiary alicyclic amines) is 1. The van der Waals surface area contributed by atoms with Crippen molar-refractivity contribution in [3.63, 3.8) is 0 Å². The Bertz CT molecular complexity index is 278. The maximum absolute atomic E-state index is 11.7. The summed E-state index contributed by atoms with van der Waals surface area (Å²) >= 11 is 0. The summed E-state index contributed by atoms with van der Waals surface area (Å²) < 4.78 is 9.85. The quantitative estimate of drug-likeness (QED) is 0.478. The highest BCUT2D eigenvalue weighted by Crippen LogP contribution is 2.08. The van der Waals surface area contributed by atoms with Crippen LogP contribution >= 0.6 is 0 Å². The molecule has 1 heterocycles. The molecule has 1 aliphatic heterocycles. The lowest BCUT2D eigenvalue weighted by atomic mass is 10.3. The van der Waals surface area contributed by atoms with Crippen LogP contribution in [0.4, 0.5) is 0 Å². The molecule has 0 aromatic carbocycles. The van der Waals surface area contributed by atoms with Crippen LogP contribution in [-0.4, -0.2) is 62.8 Å². The molecule has 0 atom stereocenters. The molecular weight excluding hydrogens is 248 g/mol. The molecule has 0 aliphatic carbocycles. The zero-order valence-electron chi connectivity index (χ0n) is 11.7. The Labute approximate surface area is 114 Å². The third kappa shape index (κ3) is 7.12. The van der Waals surface area contributed by atoms with Gasteiger partial charge in [-0.25, -0.2) is 4.79 Å². The average molecular weight is 272 g/mol. The van der Waals surface area contributed by atoms with Crippen LogP contribution in [0.5, 0.6) is 0 Å². The van der Waals surface area contributed by atoms with Gasteiger partial charge in [0.1, 0.15) is 6.61 Å². The van der Waals surface area contributed by atoms with E-state index in [2.05, 4.69) is 5.32 Å². The molecule has 1 rings (SSSR count). The average Bonchev–Trinajstić information content (AvgIpc) is 2.91. The summed E-state index contributed by atoms with van der Waals surface area (Å²) in [5.41, 5.74) is 0. The van der Waals surface area contributed by atoms with Gasteiger partial charge >= 0.3 is 5.97 Å². The van der Waals surface area contributed by atoms with E-state index in [4.69, 9.17) is 9.47 Å². The zero-order chi connectivity index (χ0) is 13.9. The summed E-state index contributed by atoms with van der Waals surface area (Å²) in [4.78, 5) is 24.6. The van der Waals surface area contributed by atoms with Crippen LogP contribution < -0.4 is 5.32 Å². The lowest BCUT2D eigenvalue weighted by Gasteiger charge is -2.15. The van der Waals surface area contributed by atoms with Gasteiger partial charge in [-0.15, -0.1) is 0 Å². The summed E-state index contributed by atoms with van der Waals surface area (Å²) in [7, 11) is 0. The molecule has 0 saturated carbocycles. The van der Waals surface area contributed by atoms with Crippen LogP contribution in [-0.2, 0) is 19.1 Å². The molecule has 110 valence electrons. The van der Waals surface area contributed by atoms with Gasteiger partial charge in [0.15, 0.2) is 0 Å². The standard InChI is InChI=1S/C13H24N2O4/c1-2-19-13(17)11-18-10-7-14-6-5-12(16)15-8-3-4-9-15/h14H,2-11H2,1H3. The minimum atomic E-state index is -0.341. The van der Waals surface area contributed by atoms with E-state index in [-0.39, 0.29) is 18.5 Å². The maximum atomic E-state index is 11.7. The van der Waals surface area contributed by atoms with E-state index in [0.717, 1.165) is 25.9 Å². The van der Waals surface area contributed by atoms with Gasteiger partial charge in [0.05, 0.1) is 13.2 Å². The summed E-state index contributed by atoms with van der Waals surface area (Å²) in [6.07, 6.45) is 2.78. The van der Waals surface area contributed by atoms with Crippen LogP contribution in [0.3, 0.4) is 0 Å². The second-order valence-corrected chi connectivity index (χ2v) is 4.45. The van der Waals surface area contributed by atoms with E-state index in [1.807, 2.05) is 4.90 Å². The van der Waals surface area contributed by atoms with Gasteiger partial charge in [0.25, 0.3) is 0 Å². The first kappa shape index (κ1) is 15.9. The fourth-order valence-electron chi connectivity index (χ4n) is 1.95. The van der Waals surface area contributed by atoms with Crippen molar-refractivity contribution in [2.24, 2.45) is 0 Å². The molecule has 1 aliphatic rings. The first-order chi connectivity index (χ1) is 9.24. The molecular formula is C13H24N2O4. The van der Waals surface area contributed by atoms with Crippen LogP contribution in [0, 0.1) is 0 Å². The monoisotopic (exact) mass is 272 g/mol. The van der Waals surface area contributed by atoms with Gasteiger partial charge in [-0.2, -0.15) is 0 Å². The summed E-state index contributed by atoms with van der Waals surface area (Å²) in [6, 6.07) is 0. The van der Waals surface area contributed by atoms with Crippen molar-refractivity contribution in [1.82, 2.24) is 10.2 Å². The fraction of sp³-hybridized carbons (Fsp3) is 0.846. The number of hydrogen-bond acceptors (Lipinski definition) is 5. The number of nitrogens with one attached hydrogen (secondary N) is 1. The number of rotatable bonds is 9. The Morgan fingerprint density at radius 2 is 1.95 bits per heavy atom. The molecule has 0 bridgehead atoms. The minimum Gasteiger partial charge on any atom is -0.464 e. The highest BCUT2D eigenvalue weighted by molar-refractivity contribution is 5.76. The molecule has 0 radical (unpaired) electrons. The molecule has 0 aromatic rings. The van der Waals surface area contributed by atoms with Crippen LogP contribution in [0.1, 0.15) is 26.2 Å². The van der Waals surface area contributed by atoms with E-state index in [0.29, 0.717) is 32.7 Å². The number of esters is 1. The third-order valence-corrected chi connectivity index (χ3v) is 2.92. The highest BCUT2D eigenvalue weighted by Gasteiger charge is 2.16. The fourth-order valence-corrected chi connectivity index (χ4v) is 1.95. The molecule has 1 N–H and O–H groups in total. The van der Waals surface area contributed by atoms with E-state index < -0.39 is 0 Å². The minimum absolute atomic E-state index is 0.0117. The first-order valence-electron chi connectivity index (χ1n) is 6.96. The molecule has 19 heavy (non-hydrogen) atoms. The Balaban J connectivity index is 1.88. The summed E-state index contributed by atoms with van der Waals surface area (Å²) in [5.74, 6) is -0.121. The molecule has 0 unspecified atom stereocenters. The second-order valence-electron chi connectivity index (χ2n) is 4.45. The lowest BCUT2D eigenvalue weighted by Crippen LogP contribution is -2.31. The summed E-state index contributed by atoms with van der Waals surface area (Å²) in [5, 5.41) is 3.12. The predicted octanol–water partition coefficient (Wildman–Crippen LogP) is 0.168. The third-order valence-electron chi connectivity index (χ3n) is 2.92. The van der Waals surface area contributed by atoms with Crippen LogP contribution in [0.15, 0.2) is 0 Å². The van der Waals surface area contributed by atoms with E-state index >= 15 is 0 Å². The van der Waals surface area contributed by atoms with Crippen LogP contribution in [0.2, 0.25) is 0 Å². The van der Waals surface area contributed by atoms with E-state index in [1.165, 1.54) is 0 Å². The Morgan fingerprint density at radius 1 is 1.21 bits per heavy atom. The van der Waals surface area contributed by atoms with Gasteiger partial charge in [-0.1, -0.05) is 0 Å². The summed E-state index contributed by atoms with van der Waals surface area (Å²) in [6.45, 7) is 5.66. The molecule has 1 saturated heterocycles. The van der Waals surface area contributed by atoms with Crippen LogP contribution in [0.25, 0.3) is 0 Å². The zero-order valence-corrected chi connectivity index (χ0v) is 11.7. The van der Waals surface area contributed by atoms with Crippen molar-refractivity contribution in [3.05, 3.63) is 0 Å². The largest absolute Gasteiger partial charge is 0.464 e. The molecule has 1 fully saturated rings. The van der Waals surface area contributed by atoms with Crippen molar-refractivity contribution < 1.29 is 19.1 Å². The smallest absolute Gasteiger partial charge is 0.332 e. The van der Waals surface area contributed by atoms with Crippen molar-refractivity contribution in [1.29, 1.82) is 0 Å². The van der Waals surface area contributed by atoms with Gasteiger partial charge in [-0.05, 0) is 19.8 Å². The van der Waals surface area contributed by atoms with Gasteiger partial charge in [-0.3, -0.25) is 4.79 Å². The Kier molecular flexibility index (Phi) is 8.16. The number of amides is 1. The number of ether oxygens (including phenoxy) is 2. The van der Waals surface area contributed by atoms with Crippen molar-refractivity contribution in [2.75, 3.05) is 46.0 Å². The van der Waals surface area contributed by atoms with Crippen molar-refractivity contribution in [3.8, 4) is 0 Å². The van der Waals surface area contributed by atoms with Crippen molar-refractivity contribution in [2.45, 2.75) is 26.2 Å². The van der Waals surface area contributed by atoms with E-state index in [9.17, 15) is 9.59 Å². The number of carbonyl (C=O) groups is 2. The normalized spacial score (nSPS) is 14.7. The topological polar surface area (TPSA) is 67.9 Å². The first-order valence-corrected chi connectivity index (χ1v) is 6.96. The molecule has 1 amide bonds.